The van der Waals surface area contributed by atoms with Crippen molar-refractivity contribution < 1.29 is 9.59 Å². The summed E-state index contributed by atoms with van der Waals surface area (Å²) in [5, 5.41) is 7.81. The molecular weight excluding hydrogens is 412 g/mol. The van der Waals surface area contributed by atoms with Gasteiger partial charge in [0.1, 0.15) is 5.82 Å². The number of carbonyl (C=O) groups is 2. The monoisotopic (exact) mass is 434 g/mol. The Morgan fingerprint density at radius 2 is 1.67 bits per heavy atom. The molecule has 0 bridgehead atoms. The summed E-state index contributed by atoms with van der Waals surface area (Å²) in [5.41, 5.74) is 5.00. The Hall–Kier alpha value is -4.45. The number of rotatable bonds is 5. The lowest BCUT2D eigenvalue weighted by atomic mass is 10.1. The molecule has 6 nitrogen and oxygen atoms in total. The van der Waals surface area contributed by atoms with E-state index >= 15 is 0 Å². The van der Waals surface area contributed by atoms with Gasteiger partial charge in [0.05, 0.1) is 22.2 Å². The summed E-state index contributed by atoms with van der Waals surface area (Å²) in [4.78, 5) is 29.4. The maximum absolute atomic E-state index is 13.2. The number of carbonyl (C=O) groups excluding carboxylic acids is 2. The fourth-order valence-electron chi connectivity index (χ4n) is 4.17. The molecule has 0 radical (unpaired) electrons. The molecule has 5 aromatic rings. The van der Waals surface area contributed by atoms with Crippen LogP contribution in [-0.2, 0) is 11.3 Å². The highest BCUT2D eigenvalue weighted by molar-refractivity contribution is 6.18. The molecule has 0 fully saturated rings. The molecule has 0 saturated heterocycles. The Morgan fingerprint density at radius 3 is 2.42 bits per heavy atom. The molecule has 2 N–H and O–H groups in total. The van der Waals surface area contributed by atoms with Gasteiger partial charge in [-0.15, -0.1) is 0 Å². The number of benzene rings is 3. The summed E-state index contributed by atoms with van der Waals surface area (Å²) in [5.74, 6) is 0.418. The van der Waals surface area contributed by atoms with Gasteiger partial charge in [0.15, 0.2) is 0 Å². The van der Waals surface area contributed by atoms with Crippen molar-refractivity contribution in [3.05, 3.63) is 102 Å². The van der Waals surface area contributed by atoms with Gasteiger partial charge in [-0.05, 0) is 42.8 Å². The van der Waals surface area contributed by atoms with E-state index in [2.05, 4.69) is 21.6 Å². The number of anilines is 1. The van der Waals surface area contributed by atoms with Crippen LogP contribution in [0.3, 0.4) is 0 Å². The first-order chi connectivity index (χ1) is 16.1. The number of hydrogen-bond acceptors (Lipinski definition) is 3. The van der Waals surface area contributed by atoms with Crippen LogP contribution in [0.4, 0.5) is 5.69 Å². The summed E-state index contributed by atoms with van der Waals surface area (Å²) in [6, 6.07) is 23.1. The van der Waals surface area contributed by atoms with Crippen LogP contribution in [0, 0.1) is 6.92 Å². The fourth-order valence-corrected chi connectivity index (χ4v) is 4.17. The lowest BCUT2D eigenvalue weighted by Crippen LogP contribution is -2.20. The lowest BCUT2D eigenvalue weighted by molar-refractivity contribution is -0.116. The smallest absolute Gasteiger partial charge is 0.255 e. The van der Waals surface area contributed by atoms with E-state index in [0.717, 1.165) is 44.4 Å². The molecule has 0 spiro atoms. The number of aryl methyl sites for hydroxylation is 1. The summed E-state index contributed by atoms with van der Waals surface area (Å²) < 4.78 is 2.10. The lowest BCUT2D eigenvalue weighted by Gasteiger charge is -2.09. The van der Waals surface area contributed by atoms with Gasteiger partial charge in [-0.25, -0.2) is 4.98 Å². The van der Waals surface area contributed by atoms with Crippen LogP contribution >= 0.6 is 0 Å². The fraction of sp³-hybridized carbons (Fsp3) is 0.0741. The number of nitrogens with one attached hydrogen (secondary N) is 2. The standard InChI is InChI=1S/C27H22N4O2/c1-3-24(32)28-16-18-12-14-19(15-13-18)27(33)30-25-21-9-5-7-11-23(21)31-17(2)29-22-10-6-4-8-20(22)26(25)31/h3-15H,1,16H2,2H3,(H,28,32)(H,30,33). The van der Waals surface area contributed by atoms with E-state index < -0.39 is 0 Å². The molecule has 2 heterocycles. The Balaban J connectivity index is 1.56. The predicted octanol–water partition coefficient (Wildman–Crippen LogP) is 5.00. The summed E-state index contributed by atoms with van der Waals surface area (Å²) in [6.45, 7) is 5.79. The molecule has 6 heteroatoms. The summed E-state index contributed by atoms with van der Waals surface area (Å²) in [7, 11) is 0. The predicted molar refractivity (Wildman–Crippen MR) is 131 cm³/mol. The molecule has 0 aliphatic rings. The number of hydrogen-bond donors (Lipinski definition) is 2. The first-order valence-corrected chi connectivity index (χ1v) is 10.7. The number of nitrogens with zero attached hydrogens (tertiary/aromatic N) is 2. The van der Waals surface area contributed by atoms with E-state index in [1.807, 2.05) is 67.6 Å². The summed E-state index contributed by atoms with van der Waals surface area (Å²) in [6.07, 6.45) is 1.23. The van der Waals surface area contributed by atoms with E-state index in [4.69, 9.17) is 4.98 Å². The molecule has 3 aromatic carbocycles. The van der Waals surface area contributed by atoms with Gasteiger partial charge < -0.3 is 10.6 Å². The average molecular weight is 434 g/mol. The number of amides is 2. The van der Waals surface area contributed by atoms with E-state index in [9.17, 15) is 9.59 Å². The van der Waals surface area contributed by atoms with Gasteiger partial charge in [0.25, 0.3) is 5.91 Å². The maximum Gasteiger partial charge on any atom is 0.255 e. The molecule has 2 aromatic heterocycles. The third-order valence-corrected chi connectivity index (χ3v) is 5.75. The van der Waals surface area contributed by atoms with E-state index in [1.165, 1.54) is 6.08 Å². The highest BCUT2D eigenvalue weighted by Gasteiger charge is 2.19. The minimum absolute atomic E-state index is 0.200. The maximum atomic E-state index is 13.2. The number of fused-ring (bicyclic) bond motifs is 5. The van der Waals surface area contributed by atoms with Crippen molar-refractivity contribution in [3.8, 4) is 0 Å². The minimum atomic E-state index is -0.235. The van der Waals surface area contributed by atoms with Crippen LogP contribution in [0.15, 0.2) is 85.5 Å². The highest BCUT2D eigenvalue weighted by atomic mass is 16.2. The SMILES string of the molecule is C=CC(=O)NCc1ccc(C(=O)Nc2c3ccccc3n3c(C)nc4ccccc4c23)cc1. The third-order valence-electron chi connectivity index (χ3n) is 5.75. The summed E-state index contributed by atoms with van der Waals surface area (Å²) >= 11 is 0. The third kappa shape index (κ3) is 3.61. The molecule has 2 amide bonds. The van der Waals surface area contributed by atoms with Crippen molar-refractivity contribution >= 4 is 44.8 Å². The van der Waals surface area contributed by atoms with Gasteiger partial charge in [-0.2, -0.15) is 0 Å². The Morgan fingerprint density at radius 1 is 0.970 bits per heavy atom. The molecule has 0 aliphatic carbocycles. The molecule has 0 aliphatic heterocycles. The molecule has 162 valence electrons. The van der Waals surface area contributed by atoms with Crippen molar-refractivity contribution in [2.45, 2.75) is 13.5 Å². The molecular formula is C27H22N4O2. The zero-order chi connectivity index (χ0) is 22.9. The van der Waals surface area contributed by atoms with E-state index in [1.54, 1.807) is 12.1 Å². The van der Waals surface area contributed by atoms with Gasteiger partial charge >= 0.3 is 0 Å². The van der Waals surface area contributed by atoms with E-state index in [0.29, 0.717) is 12.1 Å². The number of para-hydroxylation sites is 2. The van der Waals surface area contributed by atoms with Gasteiger partial charge in [-0.3, -0.25) is 14.0 Å². The van der Waals surface area contributed by atoms with Crippen LogP contribution < -0.4 is 10.6 Å². The van der Waals surface area contributed by atoms with Gasteiger partial charge in [-0.1, -0.05) is 55.1 Å². The minimum Gasteiger partial charge on any atom is -0.348 e. The van der Waals surface area contributed by atoms with Gasteiger partial charge in [0, 0.05) is 22.9 Å². The second kappa shape index (κ2) is 8.24. The number of aromatic nitrogens is 2. The van der Waals surface area contributed by atoms with E-state index in [-0.39, 0.29) is 11.8 Å². The Labute approximate surface area is 190 Å². The van der Waals surface area contributed by atoms with Crippen LogP contribution in [0.1, 0.15) is 21.7 Å². The zero-order valence-electron chi connectivity index (χ0n) is 18.1. The average Bonchev–Trinajstić information content (AvgIpc) is 3.18. The molecule has 33 heavy (non-hydrogen) atoms. The first-order valence-electron chi connectivity index (χ1n) is 10.7. The molecule has 0 saturated carbocycles. The highest BCUT2D eigenvalue weighted by Crippen LogP contribution is 2.36. The van der Waals surface area contributed by atoms with Crippen molar-refractivity contribution in [1.82, 2.24) is 14.7 Å². The molecule has 5 rings (SSSR count). The molecule has 0 unspecified atom stereocenters. The topological polar surface area (TPSA) is 75.5 Å². The van der Waals surface area contributed by atoms with Gasteiger partial charge in [0.2, 0.25) is 5.91 Å². The largest absolute Gasteiger partial charge is 0.348 e. The van der Waals surface area contributed by atoms with Crippen LogP contribution in [0.2, 0.25) is 0 Å². The molecule has 0 atom stereocenters. The Bertz CT molecular complexity index is 1550. The van der Waals surface area contributed by atoms with Crippen molar-refractivity contribution in [3.63, 3.8) is 0 Å². The second-order valence-electron chi connectivity index (χ2n) is 7.83. The first kappa shape index (κ1) is 20.5. The van der Waals surface area contributed by atoms with Crippen LogP contribution in [0.5, 0.6) is 0 Å². The Kier molecular flexibility index (Phi) is 5.11. The zero-order valence-corrected chi connectivity index (χ0v) is 18.1. The normalized spacial score (nSPS) is 11.1. The second-order valence-corrected chi connectivity index (χ2v) is 7.83. The van der Waals surface area contributed by atoms with Crippen molar-refractivity contribution in [1.29, 1.82) is 0 Å². The van der Waals surface area contributed by atoms with Crippen LogP contribution in [-0.4, -0.2) is 21.2 Å². The van der Waals surface area contributed by atoms with Crippen molar-refractivity contribution in [2.75, 3.05) is 5.32 Å². The van der Waals surface area contributed by atoms with Crippen molar-refractivity contribution in [2.24, 2.45) is 0 Å². The quantitative estimate of drug-likeness (QED) is 0.382. The van der Waals surface area contributed by atoms with Crippen LogP contribution in [0.25, 0.3) is 27.3 Å².